The first-order valence-electron chi connectivity index (χ1n) is 8.81. The maximum Gasteiger partial charge on any atom is 0.282 e. The van der Waals surface area contributed by atoms with E-state index in [1.807, 2.05) is 0 Å². The van der Waals surface area contributed by atoms with Crippen molar-refractivity contribution in [3.8, 4) is 11.3 Å². The van der Waals surface area contributed by atoms with Gasteiger partial charge < -0.3 is 4.42 Å². The van der Waals surface area contributed by atoms with E-state index in [0.717, 1.165) is 10.6 Å². The zero-order valence-corrected chi connectivity index (χ0v) is 15.6. The summed E-state index contributed by atoms with van der Waals surface area (Å²) in [6, 6.07) is 12.7. The summed E-state index contributed by atoms with van der Waals surface area (Å²) >= 11 is 0. The Morgan fingerprint density at radius 3 is 2.53 bits per heavy atom. The van der Waals surface area contributed by atoms with Crippen molar-refractivity contribution in [1.29, 1.82) is 0 Å². The zero-order valence-electron chi connectivity index (χ0n) is 15.6. The van der Waals surface area contributed by atoms with Gasteiger partial charge in [0.2, 0.25) is 0 Å². The molecule has 0 aliphatic carbocycles. The lowest BCUT2D eigenvalue weighted by Crippen LogP contribution is -2.35. The van der Waals surface area contributed by atoms with Crippen molar-refractivity contribution >= 4 is 29.3 Å². The standard InChI is InChI=1S/C21H14FN3O5/c1-12-2-5-15(25(28)29)10-17(12)19-9-8-16(30-19)11-18-20(26)23-24(21(18)27)14-6-3-13(22)4-7-14/h2-11H,1H3,(H,23,26)/b18-11+. The van der Waals surface area contributed by atoms with Crippen LogP contribution in [0.3, 0.4) is 0 Å². The summed E-state index contributed by atoms with van der Waals surface area (Å²) in [6.45, 7) is 1.79. The Hall–Kier alpha value is -4.27. The summed E-state index contributed by atoms with van der Waals surface area (Å²) in [5, 5.41) is 12.0. The van der Waals surface area contributed by atoms with Crippen LogP contribution in [0.2, 0.25) is 0 Å². The number of halogens is 1. The Morgan fingerprint density at radius 1 is 1.10 bits per heavy atom. The number of benzene rings is 2. The molecular weight excluding hydrogens is 393 g/mol. The third kappa shape index (κ3) is 3.44. The number of furan rings is 1. The normalized spacial score (nSPS) is 15.0. The fourth-order valence-electron chi connectivity index (χ4n) is 3.04. The number of hydrazine groups is 1. The third-order valence-corrected chi connectivity index (χ3v) is 4.59. The predicted molar refractivity (Wildman–Crippen MR) is 106 cm³/mol. The van der Waals surface area contributed by atoms with Crippen LogP contribution < -0.4 is 10.4 Å². The van der Waals surface area contributed by atoms with Gasteiger partial charge in [0.25, 0.3) is 17.5 Å². The number of rotatable bonds is 4. The van der Waals surface area contributed by atoms with Gasteiger partial charge >= 0.3 is 0 Å². The highest BCUT2D eigenvalue weighted by Crippen LogP contribution is 2.30. The van der Waals surface area contributed by atoms with Gasteiger partial charge in [-0.2, -0.15) is 0 Å². The van der Waals surface area contributed by atoms with Crippen molar-refractivity contribution in [2.75, 3.05) is 5.01 Å². The monoisotopic (exact) mass is 407 g/mol. The molecule has 2 amide bonds. The third-order valence-electron chi connectivity index (χ3n) is 4.59. The van der Waals surface area contributed by atoms with E-state index in [4.69, 9.17) is 4.42 Å². The molecule has 2 heterocycles. The number of carbonyl (C=O) groups excluding carboxylic acids is 2. The Bertz CT molecular complexity index is 1210. The molecule has 1 aliphatic heterocycles. The van der Waals surface area contributed by atoms with Crippen molar-refractivity contribution in [2.45, 2.75) is 6.92 Å². The lowest BCUT2D eigenvalue weighted by Gasteiger charge is -2.14. The van der Waals surface area contributed by atoms with Gasteiger partial charge in [-0.25, -0.2) is 9.40 Å². The minimum Gasteiger partial charge on any atom is -0.457 e. The number of nitro benzene ring substituents is 1. The average molecular weight is 407 g/mol. The van der Waals surface area contributed by atoms with Crippen LogP contribution in [-0.4, -0.2) is 16.7 Å². The summed E-state index contributed by atoms with van der Waals surface area (Å²) in [5.74, 6) is -1.11. The van der Waals surface area contributed by atoms with Crippen molar-refractivity contribution in [2.24, 2.45) is 0 Å². The number of hydrogen-bond acceptors (Lipinski definition) is 5. The number of amides is 2. The number of nitrogens with one attached hydrogen (secondary N) is 1. The molecule has 150 valence electrons. The van der Waals surface area contributed by atoms with Crippen LogP contribution in [0.25, 0.3) is 17.4 Å². The molecule has 0 atom stereocenters. The first-order valence-corrected chi connectivity index (χ1v) is 8.81. The maximum atomic E-state index is 13.1. The fraction of sp³-hybridized carbons (Fsp3) is 0.0476. The van der Waals surface area contributed by atoms with Gasteiger partial charge in [0.15, 0.2) is 0 Å². The van der Waals surface area contributed by atoms with E-state index in [1.54, 1.807) is 25.1 Å². The Balaban J connectivity index is 1.64. The van der Waals surface area contributed by atoms with Crippen molar-refractivity contribution in [3.05, 3.63) is 87.4 Å². The molecule has 1 saturated heterocycles. The average Bonchev–Trinajstić information content (AvgIpc) is 3.29. The molecule has 0 saturated carbocycles. The first-order chi connectivity index (χ1) is 14.3. The molecule has 8 nitrogen and oxygen atoms in total. The highest BCUT2D eigenvalue weighted by Gasteiger charge is 2.34. The number of anilines is 1. The Morgan fingerprint density at radius 2 is 1.83 bits per heavy atom. The van der Waals surface area contributed by atoms with Gasteiger partial charge in [0, 0.05) is 17.7 Å². The number of aryl methyl sites for hydroxylation is 1. The summed E-state index contributed by atoms with van der Waals surface area (Å²) in [4.78, 5) is 35.4. The summed E-state index contributed by atoms with van der Waals surface area (Å²) in [7, 11) is 0. The van der Waals surface area contributed by atoms with Crippen molar-refractivity contribution < 1.29 is 23.3 Å². The van der Waals surface area contributed by atoms with Crippen LogP contribution in [0.4, 0.5) is 15.8 Å². The van der Waals surface area contributed by atoms with E-state index >= 15 is 0 Å². The molecule has 2 aromatic carbocycles. The molecule has 1 N–H and O–H groups in total. The molecule has 4 rings (SSSR count). The van der Waals surface area contributed by atoms with E-state index in [9.17, 15) is 24.1 Å². The molecule has 0 bridgehead atoms. The number of carbonyl (C=O) groups is 2. The van der Waals surface area contributed by atoms with Gasteiger partial charge in [-0.3, -0.25) is 25.1 Å². The van der Waals surface area contributed by atoms with Crippen LogP contribution in [0.5, 0.6) is 0 Å². The summed E-state index contributed by atoms with van der Waals surface area (Å²) < 4.78 is 18.8. The molecule has 0 unspecified atom stereocenters. The molecule has 30 heavy (non-hydrogen) atoms. The summed E-state index contributed by atoms with van der Waals surface area (Å²) in [6.07, 6.45) is 1.29. The van der Waals surface area contributed by atoms with Crippen molar-refractivity contribution in [1.82, 2.24) is 5.43 Å². The van der Waals surface area contributed by atoms with E-state index in [-0.39, 0.29) is 17.0 Å². The van der Waals surface area contributed by atoms with E-state index in [1.165, 1.54) is 42.5 Å². The maximum absolute atomic E-state index is 13.1. The van der Waals surface area contributed by atoms with Crippen molar-refractivity contribution in [3.63, 3.8) is 0 Å². The van der Waals surface area contributed by atoms with Gasteiger partial charge in [0.05, 0.1) is 10.6 Å². The van der Waals surface area contributed by atoms with Gasteiger partial charge in [-0.15, -0.1) is 0 Å². The lowest BCUT2D eigenvalue weighted by atomic mass is 10.1. The zero-order chi connectivity index (χ0) is 21.4. The minimum absolute atomic E-state index is 0.0767. The number of hydrogen-bond donors (Lipinski definition) is 1. The summed E-state index contributed by atoms with van der Waals surface area (Å²) in [5.41, 5.74) is 3.79. The van der Waals surface area contributed by atoms with E-state index in [0.29, 0.717) is 17.0 Å². The molecule has 0 spiro atoms. The van der Waals surface area contributed by atoms with Crippen LogP contribution >= 0.6 is 0 Å². The Kier molecular flexibility index (Phi) is 4.63. The van der Waals surface area contributed by atoms with Gasteiger partial charge in [-0.1, -0.05) is 6.07 Å². The highest BCUT2D eigenvalue weighted by atomic mass is 19.1. The van der Waals surface area contributed by atoms with Crippen LogP contribution in [-0.2, 0) is 9.59 Å². The number of non-ortho nitro benzene ring substituents is 1. The van der Waals surface area contributed by atoms with Crippen LogP contribution in [0, 0.1) is 22.9 Å². The smallest absolute Gasteiger partial charge is 0.282 e. The lowest BCUT2D eigenvalue weighted by molar-refractivity contribution is -0.384. The Labute approximate surface area is 169 Å². The van der Waals surface area contributed by atoms with Crippen LogP contribution in [0.1, 0.15) is 11.3 Å². The second-order valence-electron chi connectivity index (χ2n) is 6.57. The second kappa shape index (κ2) is 7.28. The van der Waals surface area contributed by atoms with Gasteiger partial charge in [0.1, 0.15) is 22.9 Å². The minimum atomic E-state index is -0.631. The highest BCUT2D eigenvalue weighted by molar-refractivity contribution is 6.31. The predicted octanol–water partition coefficient (Wildman–Crippen LogP) is 3.76. The largest absolute Gasteiger partial charge is 0.457 e. The van der Waals surface area contributed by atoms with E-state index in [2.05, 4.69) is 5.43 Å². The topological polar surface area (TPSA) is 106 Å². The van der Waals surface area contributed by atoms with Crippen LogP contribution in [0.15, 0.2) is 64.6 Å². The molecule has 0 radical (unpaired) electrons. The molecule has 9 heteroatoms. The SMILES string of the molecule is Cc1ccc([N+](=O)[O-])cc1-c1ccc(/C=C2\C(=O)NN(c3ccc(F)cc3)C2=O)o1. The number of nitro groups is 1. The quantitative estimate of drug-likeness (QED) is 0.307. The molecule has 1 fully saturated rings. The second-order valence-corrected chi connectivity index (χ2v) is 6.57. The first kappa shape index (κ1) is 19.1. The molecule has 3 aromatic rings. The van der Waals surface area contributed by atoms with Gasteiger partial charge in [-0.05, 0) is 55.0 Å². The molecule has 1 aliphatic rings. The fourth-order valence-corrected chi connectivity index (χ4v) is 3.04. The molecular formula is C21H14FN3O5. The van der Waals surface area contributed by atoms with E-state index < -0.39 is 22.6 Å². The number of nitrogens with zero attached hydrogens (tertiary/aromatic N) is 2. The molecule has 1 aromatic heterocycles.